The summed E-state index contributed by atoms with van der Waals surface area (Å²) in [6.45, 7) is 2.89. The molecule has 3 heterocycles. The molecule has 0 atom stereocenters. The van der Waals surface area contributed by atoms with E-state index in [1.54, 1.807) is 22.7 Å². The largest absolute Gasteiger partial charge is 0.302 e. The molecule has 1 aliphatic rings. The molecule has 1 aliphatic heterocycles. The molecule has 4 rings (SSSR count). The van der Waals surface area contributed by atoms with Gasteiger partial charge in [0.25, 0.3) is 0 Å². The molecule has 0 bridgehead atoms. The van der Waals surface area contributed by atoms with Crippen LogP contribution in [0.15, 0.2) is 47.8 Å². The number of carbonyl (C=O) groups is 1. The van der Waals surface area contributed by atoms with Crippen LogP contribution >= 0.6 is 22.7 Å². The third-order valence-electron chi connectivity index (χ3n) is 4.71. The first-order valence-corrected chi connectivity index (χ1v) is 11.0. The standard InChI is InChI=1S/C21H23N3OS2/c25-20(10-4-8-17-9-5-13-26-17)23-21-22-18-11-12-24(15-19(18)27-21)14-16-6-2-1-3-7-16/h1-3,5-7,9,13H,4,8,10-12,14-15H2,(H,22,23,25). The first kappa shape index (κ1) is 18.3. The number of amides is 1. The molecule has 140 valence electrons. The Bertz CT molecular complexity index is 874. The lowest BCUT2D eigenvalue weighted by molar-refractivity contribution is -0.116. The molecule has 1 amide bonds. The molecule has 27 heavy (non-hydrogen) atoms. The topological polar surface area (TPSA) is 45.2 Å². The second-order valence-corrected chi connectivity index (χ2v) is 8.93. The van der Waals surface area contributed by atoms with Gasteiger partial charge in [-0.1, -0.05) is 36.4 Å². The summed E-state index contributed by atoms with van der Waals surface area (Å²) in [5.74, 6) is 0.0683. The number of benzene rings is 1. The Hall–Kier alpha value is -2.02. The first-order valence-electron chi connectivity index (χ1n) is 9.33. The summed E-state index contributed by atoms with van der Waals surface area (Å²) in [4.78, 5) is 21.9. The highest BCUT2D eigenvalue weighted by molar-refractivity contribution is 7.15. The van der Waals surface area contributed by atoms with Gasteiger partial charge in [0.15, 0.2) is 5.13 Å². The van der Waals surface area contributed by atoms with Crippen LogP contribution in [0.3, 0.4) is 0 Å². The molecular formula is C21H23N3OS2. The second-order valence-electron chi connectivity index (χ2n) is 6.82. The quantitative estimate of drug-likeness (QED) is 0.627. The minimum atomic E-state index is 0.0683. The van der Waals surface area contributed by atoms with E-state index in [0.717, 1.165) is 49.7 Å². The molecule has 0 spiro atoms. The summed E-state index contributed by atoms with van der Waals surface area (Å²) < 4.78 is 0. The molecule has 0 saturated carbocycles. The van der Waals surface area contributed by atoms with Gasteiger partial charge in [-0.05, 0) is 29.9 Å². The zero-order valence-electron chi connectivity index (χ0n) is 15.2. The number of rotatable bonds is 7. The highest BCUT2D eigenvalue weighted by atomic mass is 32.1. The van der Waals surface area contributed by atoms with Gasteiger partial charge < -0.3 is 5.32 Å². The van der Waals surface area contributed by atoms with Crippen molar-refractivity contribution in [2.75, 3.05) is 11.9 Å². The summed E-state index contributed by atoms with van der Waals surface area (Å²) in [5.41, 5.74) is 2.49. The minimum absolute atomic E-state index is 0.0683. The van der Waals surface area contributed by atoms with Crippen molar-refractivity contribution >= 4 is 33.7 Å². The molecule has 1 aromatic carbocycles. The second kappa shape index (κ2) is 8.78. The van der Waals surface area contributed by atoms with Gasteiger partial charge in [-0.25, -0.2) is 4.98 Å². The third-order valence-corrected chi connectivity index (χ3v) is 6.65. The van der Waals surface area contributed by atoms with Gasteiger partial charge in [0.05, 0.1) is 5.69 Å². The maximum atomic E-state index is 12.2. The SMILES string of the molecule is O=C(CCCc1cccs1)Nc1nc2c(s1)CN(Cc1ccccc1)CC2. The lowest BCUT2D eigenvalue weighted by Gasteiger charge is -2.25. The van der Waals surface area contributed by atoms with Gasteiger partial charge in [-0.2, -0.15) is 0 Å². The third kappa shape index (κ3) is 5.03. The number of hydrogen-bond donors (Lipinski definition) is 1. The van der Waals surface area contributed by atoms with Gasteiger partial charge in [0.2, 0.25) is 5.91 Å². The molecular weight excluding hydrogens is 374 g/mol. The highest BCUT2D eigenvalue weighted by Gasteiger charge is 2.21. The molecule has 0 aliphatic carbocycles. The van der Waals surface area contributed by atoms with Crippen molar-refractivity contribution in [2.45, 2.75) is 38.8 Å². The number of hydrogen-bond acceptors (Lipinski definition) is 5. The number of fused-ring (bicyclic) bond motifs is 1. The summed E-state index contributed by atoms with van der Waals surface area (Å²) >= 11 is 3.38. The van der Waals surface area contributed by atoms with Crippen molar-refractivity contribution in [1.29, 1.82) is 0 Å². The number of thiophene rings is 1. The Morgan fingerprint density at radius 1 is 1.19 bits per heavy atom. The summed E-state index contributed by atoms with van der Waals surface area (Å²) in [7, 11) is 0. The number of aryl methyl sites for hydroxylation is 1. The van der Waals surface area contributed by atoms with Gasteiger partial charge >= 0.3 is 0 Å². The fourth-order valence-corrected chi connectivity index (χ4v) is 5.16. The fourth-order valence-electron chi connectivity index (χ4n) is 3.34. The van der Waals surface area contributed by atoms with Crippen molar-refractivity contribution in [1.82, 2.24) is 9.88 Å². The Kier molecular flexibility index (Phi) is 5.97. The normalized spacial score (nSPS) is 14.1. The van der Waals surface area contributed by atoms with Crippen molar-refractivity contribution in [3.63, 3.8) is 0 Å². The number of carbonyl (C=O) groups excluding carboxylic acids is 1. The van der Waals surface area contributed by atoms with E-state index in [0.29, 0.717) is 6.42 Å². The van der Waals surface area contributed by atoms with Crippen molar-refractivity contribution in [3.05, 3.63) is 68.9 Å². The molecule has 1 N–H and O–H groups in total. The van der Waals surface area contributed by atoms with E-state index in [1.165, 1.54) is 15.3 Å². The monoisotopic (exact) mass is 397 g/mol. The smallest absolute Gasteiger partial charge is 0.226 e. The maximum Gasteiger partial charge on any atom is 0.226 e. The van der Waals surface area contributed by atoms with Gasteiger partial charge in [0.1, 0.15) is 0 Å². The zero-order valence-corrected chi connectivity index (χ0v) is 16.8. The van der Waals surface area contributed by atoms with E-state index in [2.05, 4.69) is 63.0 Å². The number of thiazole rings is 1. The predicted octanol–water partition coefficient (Wildman–Crippen LogP) is 4.72. The zero-order chi connectivity index (χ0) is 18.5. The van der Waals surface area contributed by atoms with E-state index < -0.39 is 0 Å². The molecule has 0 radical (unpaired) electrons. The van der Waals surface area contributed by atoms with Crippen molar-refractivity contribution in [2.24, 2.45) is 0 Å². The first-order chi connectivity index (χ1) is 13.3. The predicted molar refractivity (Wildman–Crippen MR) is 112 cm³/mol. The van der Waals surface area contributed by atoms with Crippen LogP contribution in [0.2, 0.25) is 0 Å². The molecule has 0 saturated heterocycles. The van der Waals surface area contributed by atoms with Gasteiger partial charge in [-0.3, -0.25) is 9.69 Å². The lowest BCUT2D eigenvalue weighted by Crippen LogP contribution is -2.29. The molecule has 2 aromatic heterocycles. The number of nitrogens with one attached hydrogen (secondary N) is 1. The van der Waals surface area contributed by atoms with Crippen LogP contribution in [0.1, 0.15) is 33.9 Å². The van der Waals surface area contributed by atoms with Crippen molar-refractivity contribution in [3.8, 4) is 0 Å². The van der Waals surface area contributed by atoms with Crippen LogP contribution in [0.5, 0.6) is 0 Å². The Morgan fingerprint density at radius 3 is 2.89 bits per heavy atom. The average Bonchev–Trinajstić information content (AvgIpc) is 3.31. The molecule has 4 nitrogen and oxygen atoms in total. The van der Waals surface area contributed by atoms with Crippen LogP contribution in [0.4, 0.5) is 5.13 Å². The van der Waals surface area contributed by atoms with Crippen molar-refractivity contribution < 1.29 is 4.79 Å². The molecule has 0 fully saturated rings. The lowest BCUT2D eigenvalue weighted by atomic mass is 10.1. The average molecular weight is 398 g/mol. The van der Waals surface area contributed by atoms with Crippen LogP contribution in [0, 0.1) is 0 Å². The maximum absolute atomic E-state index is 12.2. The minimum Gasteiger partial charge on any atom is -0.302 e. The van der Waals surface area contributed by atoms with E-state index in [4.69, 9.17) is 0 Å². The molecule has 3 aromatic rings. The number of aromatic nitrogens is 1. The van der Waals surface area contributed by atoms with E-state index in [1.807, 2.05) is 0 Å². The van der Waals surface area contributed by atoms with E-state index >= 15 is 0 Å². The van der Waals surface area contributed by atoms with Gasteiger partial charge in [-0.15, -0.1) is 22.7 Å². The highest BCUT2D eigenvalue weighted by Crippen LogP contribution is 2.29. The number of nitrogens with zero attached hydrogens (tertiary/aromatic N) is 2. The summed E-state index contributed by atoms with van der Waals surface area (Å²) in [6.07, 6.45) is 3.34. The van der Waals surface area contributed by atoms with Crippen LogP contribution in [-0.2, 0) is 30.7 Å². The van der Waals surface area contributed by atoms with Crippen LogP contribution < -0.4 is 5.32 Å². The molecule has 6 heteroatoms. The van der Waals surface area contributed by atoms with Crippen LogP contribution in [-0.4, -0.2) is 22.3 Å². The molecule has 0 unspecified atom stereocenters. The Labute approximate surface area is 167 Å². The van der Waals surface area contributed by atoms with E-state index in [-0.39, 0.29) is 5.91 Å². The Balaban J connectivity index is 1.28. The summed E-state index contributed by atoms with van der Waals surface area (Å²) in [5, 5.41) is 5.83. The number of anilines is 1. The van der Waals surface area contributed by atoms with Gasteiger partial charge in [0, 0.05) is 42.2 Å². The summed E-state index contributed by atoms with van der Waals surface area (Å²) in [6, 6.07) is 14.7. The Morgan fingerprint density at radius 2 is 2.07 bits per heavy atom. The fraction of sp³-hybridized carbons (Fsp3) is 0.333. The van der Waals surface area contributed by atoms with Crippen LogP contribution in [0.25, 0.3) is 0 Å². The van der Waals surface area contributed by atoms with E-state index in [9.17, 15) is 4.79 Å².